The molecule has 2 fully saturated rings. The summed E-state index contributed by atoms with van der Waals surface area (Å²) in [5.74, 6) is 0.605. The maximum absolute atomic E-state index is 12.8. The predicted molar refractivity (Wildman–Crippen MR) is 206 cm³/mol. The standard InChI is InChI=1S/C40H75F3N2O8S/c1-15-17-30-34(6,7)31(53-33(47)44-22-23-45-54(49,50)40(41,42)43)18-19-39(30)25-37(39,12)20-21-38(13,35(8,9)28(5)46)27(4)26(3)24-29(51-14)32(52-16-2)36(10,11)48/h26-32,45-46,48H,15-25H2,1-14H3,(H,44,47)/t26-,27-,28+,29?,30+,31+,32+,37+,38-,39-/m1/s1. The number of carbonyl (C=O) groups is 1. The summed E-state index contributed by atoms with van der Waals surface area (Å²) >= 11 is 0. The lowest BCUT2D eigenvalue weighted by molar-refractivity contribution is -0.154. The van der Waals surface area contributed by atoms with E-state index in [0.717, 1.165) is 38.5 Å². The summed E-state index contributed by atoms with van der Waals surface area (Å²) in [6, 6.07) is 0. The number of hydrogen-bond donors (Lipinski definition) is 4. The number of aliphatic hydroxyl groups excluding tert-OH is 1. The van der Waals surface area contributed by atoms with Gasteiger partial charge in [0, 0.05) is 32.2 Å². The van der Waals surface area contributed by atoms with Crippen LogP contribution in [0.2, 0.25) is 0 Å². The number of hydrogen-bond acceptors (Lipinski definition) is 8. The zero-order chi connectivity index (χ0) is 41.9. The second-order valence-electron chi connectivity index (χ2n) is 18.9. The minimum absolute atomic E-state index is 0.0298. The van der Waals surface area contributed by atoms with Gasteiger partial charge in [-0.2, -0.15) is 13.2 Å². The van der Waals surface area contributed by atoms with E-state index in [2.05, 4.69) is 67.6 Å². The van der Waals surface area contributed by atoms with Crippen molar-refractivity contribution in [3.8, 4) is 0 Å². The van der Waals surface area contributed by atoms with Gasteiger partial charge >= 0.3 is 21.6 Å². The molecule has 0 heterocycles. The first-order valence-corrected chi connectivity index (χ1v) is 21.5. The van der Waals surface area contributed by atoms with Gasteiger partial charge in [0.05, 0.1) is 17.8 Å². The average Bonchev–Trinajstić information content (AvgIpc) is 3.64. The van der Waals surface area contributed by atoms with E-state index in [1.807, 2.05) is 13.8 Å². The largest absolute Gasteiger partial charge is 0.511 e. The van der Waals surface area contributed by atoms with Gasteiger partial charge in [-0.05, 0) is 112 Å². The number of nitrogens with one attached hydrogen (secondary N) is 2. The first-order chi connectivity index (χ1) is 24.5. The van der Waals surface area contributed by atoms with Crippen molar-refractivity contribution in [2.24, 2.45) is 44.8 Å². The summed E-state index contributed by atoms with van der Waals surface area (Å²) in [5, 5.41) is 24.6. The van der Waals surface area contributed by atoms with Crippen LogP contribution in [-0.2, 0) is 24.2 Å². The molecule has 2 saturated carbocycles. The minimum atomic E-state index is -5.50. The van der Waals surface area contributed by atoms with Gasteiger partial charge in [-0.15, -0.1) is 0 Å². The molecule has 0 aromatic carbocycles. The van der Waals surface area contributed by atoms with E-state index in [4.69, 9.17) is 14.2 Å². The maximum atomic E-state index is 12.8. The SMILES string of the molecule is CCC[C@H]1C(C)(C)[C@@H](OC(=O)NCCNS(=O)(=O)C(F)(F)F)CC[C@@]12C[C@]2(C)CC[C@](C)([C@H](C)[C@H](C)CC(OC)[C@H](OCC)C(C)(C)O)C(C)(C)[C@H](C)O. The minimum Gasteiger partial charge on any atom is -0.446 e. The Balaban J connectivity index is 2.27. The van der Waals surface area contributed by atoms with Crippen molar-refractivity contribution in [2.45, 2.75) is 177 Å². The quantitative estimate of drug-likeness (QED) is 0.0852. The number of amides is 1. The highest BCUT2D eigenvalue weighted by Crippen LogP contribution is 2.78. The van der Waals surface area contributed by atoms with Gasteiger partial charge in [0.1, 0.15) is 12.2 Å². The van der Waals surface area contributed by atoms with Gasteiger partial charge in [-0.3, -0.25) is 0 Å². The van der Waals surface area contributed by atoms with Gasteiger partial charge < -0.3 is 29.7 Å². The van der Waals surface area contributed by atoms with Gasteiger partial charge in [0.15, 0.2) is 0 Å². The van der Waals surface area contributed by atoms with E-state index in [0.29, 0.717) is 19.4 Å². The molecule has 1 unspecified atom stereocenters. The molecule has 10 atom stereocenters. The molecule has 54 heavy (non-hydrogen) atoms. The summed E-state index contributed by atoms with van der Waals surface area (Å²) in [6.45, 7) is 26.8. The highest BCUT2D eigenvalue weighted by atomic mass is 32.2. The third kappa shape index (κ3) is 10.3. The number of methoxy groups -OCH3 is 1. The molecule has 14 heteroatoms. The first-order valence-electron chi connectivity index (χ1n) is 20.0. The van der Waals surface area contributed by atoms with Crippen molar-refractivity contribution in [3.63, 3.8) is 0 Å². The average molecular weight is 801 g/mol. The molecule has 2 rings (SSSR count). The molecule has 4 N–H and O–H groups in total. The lowest BCUT2D eigenvalue weighted by Gasteiger charge is -2.54. The summed E-state index contributed by atoms with van der Waals surface area (Å²) in [6.07, 6.45) is 4.44. The number of rotatable bonds is 21. The van der Waals surface area contributed by atoms with E-state index in [9.17, 15) is 36.6 Å². The Morgan fingerprint density at radius 2 is 1.61 bits per heavy atom. The number of ether oxygens (including phenoxy) is 3. The number of sulfonamides is 1. The highest BCUT2D eigenvalue weighted by molar-refractivity contribution is 7.90. The monoisotopic (exact) mass is 801 g/mol. The third-order valence-electron chi connectivity index (χ3n) is 14.7. The van der Waals surface area contributed by atoms with Crippen molar-refractivity contribution < 1.29 is 50.8 Å². The Kier molecular flexibility index (Phi) is 16.1. The van der Waals surface area contributed by atoms with Crippen LogP contribution < -0.4 is 10.0 Å². The summed E-state index contributed by atoms with van der Waals surface area (Å²) in [5.41, 5.74) is -7.53. The fourth-order valence-electron chi connectivity index (χ4n) is 10.2. The molecule has 2 aliphatic carbocycles. The van der Waals surface area contributed by atoms with Crippen molar-refractivity contribution in [1.82, 2.24) is 10.0 Å². The van der Waals surface area contributed by atoms with Gasteiger partial charge in [0.2, 0.25) is 0 Å². The van der Waals surface area contributed by atoms with Crippen molar-refractivity contribution >= 4 is 16.1 Å². The smallest absolute Gasteiger partial charge is 0.446 e. The van der Waals surface area contributed by atoms with E-state index >= 15 is 0 Å². The molecule has 2 aliphatic rings. The van der Waals surface area contributed by atoms with Crippen LogP contribution in [0.5, 0.6) is 0 Å². The van der Waals surface area contributed by atoms with E-state index in [1.54, 1.807) is 21.0 Å². The Morgan fingerprint density at radius 3 is 2.09 bits per heavy atom. The fraction of sp³-hybridized carbons (Fsp3) is 0.975. The van der Waals surface area contributed by atoms with E-state index in [-0.39, 0.29) is 46.6 Å². The van der Waals surface area contributed by atoms with Crippen LogP contribution in [0, 0.1) is 44.8 Å². The number of aliphatic hydroxyl groups is 2. The number of alkyl carbamates (subject to hydrolysis) is 1. The molecule has 1 spiro atoms. The van der Waals surface area contributed by atoms with Crippen LogP contribution in [-0.4, -0.2) is 87.1 Å². The van der Waals surface area contributed by atoms with Crippen molar-refractivity contribution in [2.75, 3.05) is 26.8 Å². The number of alkyl halides is 3. The summed E-state index contributed by atoms with van der Waals surface area (Å²) < 4.78 is 79.8. The number of halogens is 3. The highest BCUT2D eigenvalue weighted by Gasteiger charge is 2.71. The van der Waals surface area contributed by atoms with E-state index in [1.165, 1.54) is 4.72 Å². The van der Waals surface area contributed by atoms with Crippen molar-refractivity contribution in [3.05, 3.63) is 0 Å². The molecule has 0 bridgehead atoms. The summed E-state index contributed by atoms with van der Waals surface area (Å²) in [4.78, 5) is 12.8. The second-order valence-corrected chi connectivity index (χ2v) is 20.6. The van der Waals surface area contributed by atoms with Gasteiger partial charge in [-0.1, -0.05) is 68.7 Å². The molecule has 0 aromatic rings. The predicted octanol–water partition coefficient (Wildman–Crippen LogP) is 8.20. The van der Waals surface area contributed by atoms with Crippen LogP contribution in [0.1, 0.15) is 141 Å². The Hall–Kier alpha value is -1.19. The molecular formula is C40H75F3N2O8S. The Morgan fingerprint density at radius 1 is 1.02 bits per heavy atom. The molecule has 0 aromatic heterocycles. The third-order valence-corrected chi connectivity index (χ3v) is 15.9. The normalized spacial score (nSPS) is 28.8. The van der Waals surface area contributed by atoms with Crippen LogP contribution >= 0.6 is 0 Å². The first kappa shape index (κ1) is 49.0. The molecule has 10 nitrogen and oxygen atoms in total. The van der Waals surface area contributed by atoms with Crippen molar-refractivity contribution in [1.29, 1.82) is 0 Å². The maximum Gasteiger partial charge on any atom is 0.511 e. The Bertz CT molecular complexity index is 1340. The molecular weight excluding hydrogens is 726 g/mol. The van der Waals surface area contributed by atoms with Crippen LogP contribution in [0.15, 0.2) is 0 Å². The Labute approximate surface area is 324 Å². The second kappa shape index (κ2) is 17.7. The van der Waals surface area contributed by atoms with Crippen LogP contribution in [0.3, 0.4) is 0 Å². The van der Waals surface area contributed by atoms with Crippen LogP contribution in [0.25, 0.3) is 0 Å². The lowest BCUT2D eigenvalue weighted by atomic mass is 9.52. The molecule has 0 aliphatic heterocycles. The lowest BCUT2D eigenvalue weighted by Crippen LogP contribution is -2.52. The molecule has 1 amide bonds. The number of carbonyl (C=O) groups excluding carboxylic acids is 1. The zero-order valence-electron chi connectivity index (χ0n) is 35.7. The van der Waals surface area contributed by atoms with E-state index < -0.39 is 62.9 Å². The fourth-order valence-corrected chi connectivity index (χ4v) is 10.7. The topological polar surface area (TPSA) is 143 Å². The molecule has 0 radical (unpaired) electrons. The summed E-state index contributed by atoms with van der Waals surface area (Å²) in [7, 11) is -3.83. The van der Waals surface area contributed by atoms with Gasteiger partial charge in [0.25, 0.3) is 0 Å². The zero-order valence-corrected chi connectivity index (χ0v) is 36.5. The molecule has 320 valence electrons. The molecule has 0 saturated heterocycles. The van der Waals surface area contributed by atoms with Gasteiger partial charge in [-0.25, -0.2) is 17.9 Å². The van der Waals surface area contributed by atoms with Crippen LogP contribution in [0.4, 0.5) is 18.0 Å².